The lowest BCUT2D eigenvalue weighted by Crippen LogP contribution is -2.54. The van der Waals surface area contributed by atoms with E-state index in [2.05, 4.69) is 5.32 Å². The van der Waals surface area contributed by atoms with Gasteiger partial charge in [-0.1, -0.05) is 0 Å². The summed E-state index contributed by atoms with van der Waals surface area (Å²) < 4.78 is 33.9. The van der Waals surface area contributed by atoms with Crippen molar-refractivity contribution in [2.75, 3.05) is 31.2 Å². The van der Waals surface area contributed by atoms with Gasteiger partial charge in [0, 0.05) is 19.5 Å². The molecule has 3 aliphatic rings. The molecule has 1 unspecified atom stereocenters. The fourth-order valence-electron chi connectivity index (χ4n) is 3.64. The number of morpholine rings is 1. The standard InChI is InChI=1S/C17H15F2N3O5/c18-9-7-8-12(14(13(9)19)21-3-5-27-6-4-21)17(26)22(16(8)25)10-1-2-11(23)20-15(10)24/h7,10H,1-6H2,(H,20,23,24). The Kier molecular flexibility index (Phi) is 4.14. The number of anilines is 1. The molecule has 0 radical (unpaired) electrons. The van der Waals surface area contributed by atoms with Crippen LogP contribution in [0.3, 0.4) is 0 Å². The first-order valence-corrected chi connectivity index (χ1v) is 8.46. The Hall–Kier alpha value is -2.88. The molecule has 4 rings (SSSR count). The Morgan fingerprint density at radius 1 is 1.07 bits per heavy atom. The Morgan fingerprint density at radius 3 is 2.44 bits per heavy atom. The van der Waals surface area contributed by atoms with E-state index < -0.39 is 41.3 Å². The second kappa shape index (κ2) is 6.38. The van der Waals surface area contributed by atoms with Gasteiger partial charge in [-0.15, -0.1) is 0 Å². The normalized spacial score (nSPS) is 23.0. The molecule has 8 nitrogen and oxygen atoms in total. The molecule has 0 saturated carbocycles. The number of nitrogens with one attached hydrogen (secondary N) is 1. The predicted molar refractivity (Wildman–Crippen MR) is 86.1 cm³/mol. The Balaban J connectivity index is 1.79. The summed E-state index contributed by atoms with van der Waals surface area (Å²) >= 11 is 0. The van der Waals surface area contributed by atoms with Crippen LogP contribution in [0.15, 0.2) is 6.07 Å². The summed E-state index contributed by atoms with van der Waals surface area (Å²) in [6.07, 6.45) is -0.0726. The molecule has 0 aromatic heterocycles. The number of carbonyl (C=O) groups excluding carboxylic acids is 4. The van der Waals surface area contributed by atoms with Gasteiger partial charge in [-0.05, 0) is 12.5 Å². The zero-order chi connectivity index (χ0) is 19.3. The van der Waals surface area contributed by atoms with E-state index in [-0.39, 0.29) is 56.0 Å². The van der Waals surface area contributed by atoms with E-state index in [0.29, 0.717) is 11.0 Å². The first kappa shape index (κ1) is 17.5. The number of nitrogens with zero attached hydrogens (tertiary/aromatic N) is 2. The van der Waals surface area contributed by atoms with Crippen molar-refractivity contribution >= 4 is 29.3 Å². The van der Waals surface area contributed by atoms with Crippen molar-refractivity contribution in [1.29, 1.82) is 0 Å². The molecular formula is C17H15F2N3O5. The highest BCUT2D eigenvalue weighted by atomic mass is 19.2. The number of ether oxygens (including phenoxy) is 1. The topological polar surface area (TPSA) is 96.0 Å². The van der Waals surface area contributed by atoms with Crippen LogP contribution >= 0.6 is 0 Å². The zero-order valence-corrected chi connectivity index (χ0v) is 14.1. The maximum Gasteiger partial charge on any atom is 0.264 e. The Morgan fingerprint density at radius 2 is 1.78 bits per heavy atom. The van der Waals surface area contributed by atoms with Crippen LogP contribution in [0.2, 0.25) is 0 Å². The van der Waals surface area contributed by atoms with E-state index in [0.717, 1.165) is 0 Å². The number of fused-ring (bicyclic) bond motifs is 1. The molecule has 27 heavy (non-hydrogen) atoms. The van der Waals surface area contributed by atoms with Crippen LogP contribution in [0, 0.1) is 11.6 Å². The van der Waals surface area contributed by atoms with E-state index in [9.17, 15) is 28.0 Å². The van der Waals surface area contributed by atoms with Gasteiger partial charge in [0.05, 0.1) is 30.0 Å². The first-order chi connectivity index (χ1) is 12.9. The van der Waals surface area contributed by atoms with E-state index in [1.54, 1.807) is 0 Å². The van der Waals surface area contributed by atoms with Crippen molar-refractivity contribution in [2.45, 2.75) is 18.9 Å². The quantitative estimate of drug-likeness (QED) is 0.738. The number of carbonyl (C=O) groups is 4. The lowest BCUT2D eigenvalue weighted by molar-refractivity contribution is -0.136. The maximum atomic E-state index is 14.6. The maximum absolute atomic E-state index is 14.6. The van der Waals surface area contributed by atoms with Crippen LogP contribution < -0.4 is 10.2 Å². The minimum absolute atomic E-state index is 0.0337. The average Bonchev–Trinajstić information content (AvgIpc) is 2.88. The Labute approximate surface area is 152 Å². The van der Waals surface area contributed by atoms with E-state index in [4.69, 9.17) is 4.74 Å². The van der Waals surface area contributed by atoms with Crippen molar-refractivity contribution in [3.05, 3.63) is 28.8 Å². The van der Waals surface area contributed by atoms with Crippen LogP contribution in [0.25, 0.3) is 0 Å². The number of amides is 4. The molecule has 1 aromatic carbocycles. The molecule has 3 heterocycles. The number of benzene rings is 1. The molecule has 142 valence electrons. The molecule has 1 N–H and O–H groups in total. The van der Waals surface area contributed by atoms with E-state index >= 15 is 0 Å². The molecule has 0 spiro atoms. The number of piperidine rings is 1. The van der Waals surface area contributed by atoms with Gasteiger partial charge in [-0.2, -0.15) is 0 Å². The number of hydrogen-bond acceptors (Lipinski definition) is 6. The predicted octanol–water partition coefficient (Wildman–Crippen LogP) is 0.203. The molecular weight excluding hydrogens is 364 g/mol. The third-order valence-electron chi connectivity index (χ3n) is 4.93. The SMILES string of the molecule is O=C1CCC(N2C(=O)c3cc(F)c(F)c(N4CCOCC4)c3C2=O)C(=O)N1. The fraction of sp³-hybridized carbons (Fsp3) is 0.412. The molecule has 0 bridgehead atoms. The first-order valence-electron chi connectivity index (χ1n) is 8.46. The highest BCUT2D eigenvalue weighted by molar-refractivity contribution is 6.25. The number of rotatable bonds is 2. The van der Waals surface area contributed by atoms with Gasteiger partial charge in [-0.3, -0.25) is 29.4 Å². The largest absolute Gasteiger partial charge is 0.378 e. The van der Waals surface area contributed by atoms with Gasteiger partial charge in [0.1, 0.15) is 6.04 Å². The molecule has 1 aromatic rings. The zero-order valence-electron chi connectivity index (χ0n) is 14.1. The molecule has 4 amide bonds. The second-order valence-electron chi connectivity index (χ2n) is 6.49. The van der Waals surface area contributed by atoms with Crippen molar-refractivity contribution < 1.29 is 32.7 Å². The highest BCUT2D eigenvalue weighted by Gasteiger charge is 2.47. The summed E-state index contributed by atoms with van der Waals surface area (Å²) in [5.74, 6) is -5.50. The summed E-state index contributed by atoms with van der Waals surface area (Å²) in [6, 6.07) is -0.514. The van der Waals surface area contributed by atoms with Crippen LogP contribution in [-0.4, -0.2) is 60.9 Å². The smallest absolute Gasteiger partial charge is 0.264 e. The van der Waals surface area contributed by atoms with E-state index in [1.807, 2.05) is 0 Å². The number of hydrogen-bond donors (Lipinski definition) is 1. The Bertz CT molecular complexity index is 882. The highest BCUT2D eigenvalue weighted by Crippen LogP contribution is 2.37. The van der Waals surface area contributed by atoms with E-state index in [1.165, 1.54) is 4.90 Å². The summed E-state index contributed by atoms with van der Waals surface area (Å²) in [5.41, 5.74) is -0.836. The third-order valence-corrected chi connectivity index (χ3v) is 4.93. The monoisotopic (exact) mass is 379 g/mol. The van der Waals surface area contributed by atoms with Gasteiger partial charge < -0.3 is 9.64 Å². The van der Waals surface area contributed by atoms with Crippen molar-refractivity contribution in [3.63, 3.8) is 0 Å². The van der Waals surface area contributed by atoms with Crippen molar-refractivity contribution in [1.82, 2.24) is 10.2 Å². The summed E-state index contributed by atoms with van der Waals surface area (Å²) in [5, 5.41) is 2.08. The van der Waals surface area contributed by atoms with Crippen LogP contribution in [0.1, 0.15) is 33.6 Å². The number of halogens is 2. The van der Waals surface area contributed by atoms with Crippen molar-refractivity contribution in [3.8, 4) is 0 Å². The lowest BCUT2D eigenvalue weighted by Gasteiger charge is -2.31. The summed E-state index contributed by atoms with van der Waals surface area (Å²) in [7, 11) is 0. The number of imide groups is 2. The summed E-state index contributed by atoms with van der Waals surface area (Å²) in [4.78, 5) is 51.3. The second-order valence-corrected chi connectivity index (χ2v) is 6.49. The van der Waals surface area contributed by atoms with Crippen LogP contribution in [-0.2, 0) is 14.3 Å². The average molecular weight is 379 g/mol. The third kappa shape index (κ3) is 2.67. The van der Waals surface area contributed by atoms with Crippen molar-refractivity contribution in [2.24, 2.45) is 0 Å². The molecule has 2 fully saturated rings. The van der Waals surface area contributed by atoms with Gasteiger partial charge in [0.25, 0.3) is 11.8 Å². The minimum atomic E-state index is -1.25. The molecule has 3 aliphatic heterocycles. The fourth-order valence-corrected chi connectivity index (χ4v) is 3.64. The van der Waals surface area contributed by atoms with Gasteiger partial charge >= 0.3 is 0 Å². The van der Waals surface area contributed by atoms with Gasteiger partial charge in [0.15, 0.2) is 11.6 Å². The minimum Gasteiger partial charge on any atom is -0.378 e. The lowest BCUT2D eigenvalue weighted by atomic mass is 10.0. The summed E-state index contributed by atoms with van der Waals surface area (Å²) in [6.45, 7) is 0.993. The molecule has 2 saturated heterocycles. The van der Waals surface area contributed by atoms with Gasteiger partial charge in [0.2, 0.25) is 11.8 Å². The molecule has 10 heteroatoms. The van der Waals surface area contributed by atoms with Crippen LogP contribution in [0.5, 0.6) is 0 Å². The molecule has 0 aliphatic carbocycles. The van der Waals surface area contributed by atoms with Gasteiger partial charge in [-0.25, -0.2) is 8.78 Å². The molecule has 1 atom stereocenters. The van der Waals surface area contributed by atoms with Crippen LogP contribution in [0.4, 0.5) is 14.5 Å².